The van der Waals surface area contributed by atoms with Crippen molar-refractivity contribution in [2.75, 3.05) is 0 Å². The Labute approximate surface area is 646 Å². The molecule has 3 aliphatic rings. The third-order valence-corrected chi connectivity index (χ3v) is 22.4. The molecule has 0 spiro atoms. The minimum atomic E-state index is -4.27. The number of rotatable bonds is 9. The minimum absolute atomic E-state index is 0.110. The van der Waals surface area contributed by atoms with E-state index < -0.39 is 40.5 Å². The summed E-state index contributed by atoms with van der Waals surface area (Å²) in [5.41, 5.74) is 26.9. The lowest BCUT2D eigenvalue weighted by atomic mass is 9.81. The van der Waals surface area contributed by atoms with Crippen LogP contribution < -0.4 is 18.3 Å². The molecular weight excluding hydrogens is 1480 g/mol. The molecule has 0 atom stereocenters. The minimum Gasteiger partial charge on any atom is -0.744 e. The van der Waals surface area contributed by atoms with Gasteiger partial charge in [-0.05, 0) is 181 Å². The quantitative estimate of drug-likeness (QED) is 0.100. The van der Waals surface area contributed by atoms with Crippen LogP contribution in [0.4, 0.5) is 0 Å². The van der Waals surface area contributed by atoms with Gasteiger partial charge in [0.05, 0.1) is 47.9 Å². The number of pyridine rings is 4. The zero-order valence-corrected chi connectivity index (χ0v) is 65.5. The Balaban J connectivity index is 0.000000208. The second kappa shape index (κ2) is 32.0. The lowest BCUT2D eigenvalue weighted by molar-refractivity contribution is -0.671. The first-order valence-electron chi connectivity index (χ1n) is 34.9. The molecule has 13 aromatic rings. The molecule has 562 valence electrons. The van der Waals surface area contributed by atoms with Gasteiger partial charge in [0.2, 0.25) is 0 Å². The molecule has 0 unspecified atom stereocenters. The Morgan fingerprint density at radius 2 is 0.595 bits per heavy atom. The van der Waals surface area contributed by atoms with Crippen LogP contribution in [0.1, 0.15) is 70.0 Å². The van der Waals surface area contributed by atoms with Crippen molar-refractivity contribution >= 4 is 86.8 Å². The summed E-state index contributed by atoms with van der Waals surface area (Å²) in [7, 11) is -8.83. The third-order valence-electron chi connectivity index (χ3n) is 19.0. The monoisotopic (exact) mass is 1550 g/mol. The molecule has 0 fully saturated rings. The predicted molar refractivity (Wildman–Crippen MR) is 425 cm³/mol. The van der Waals surface area contributed by atoms with Crippen molar-refractivity contribution in [2.45, 2.75) is 66.5 Å². The molecule has 2 N–H and O–H groups in total. The van der Waals surface area contributed by atoms with Gasteiger partial charge in [0.1, 0.15) is 68.7 Å². The molecule has 7 aromatic heterocycles. The summed E-state index contributed by atoms with van der Waals surface area (Å²) in [5, 5.41) is 0. The Morgan fingerprint density at radius 1 is 0.306 bits per heavy atom. The number of H-pyrrole nitrogens is 2. The van der Waals surface area contributed by atoms with Crippen molar-refractivity contribution in [3.8, 4) is 66.8 Å². The lowest BCUT2D eigenvalue weighted by Gasteiger charge is -2.21. The van der Waals surface area contributed by atoms with Crippen molar-refractivity contribution in [3.63, 3.8) is 0 Å². The standard InChI is InChI=1S/C59H49N8.4C7H8O3S/c1-59(2)45-10-8-7-9-43(45)44-12-11-40(34-46(44)59)41-33-42(36-67(6)35-41)58-53-19-17-51(62-53)56(38-23-29-65(4)30-24-38)49-15-13-47(60-49)55(37-21-27-64(3)28-22-37)48-14-16-50(61-48)57(52-18-20-54(58)63-52)39-25-31-66(5)32-26-39;4*1-6-2-4-7(5-3-6)11(8,9)10/h7-36H,1-6H3,(H,60,61,62,63);4*2-5H,1H3,(H,8,9,10)/q+3;;;;/p-3. The fourth-order valence-corrected chi connectivity index (χ4v) is 15.0. The maximum absolute atomic E-state index is 10.4. The molecule has 2 aliphatic heterocycles. The lowest BCUT2D eigenvalue weighted by Crippen LogP contribution is -2.27. The first-order chi connectivity index (χ1) is 52.5. The van der Waals surface area contributed by atoms with Gasteiger partial charge in [0, 0.05) is 91.7 Å². The molecule has 16 rings (SSSR count). The molecule has 0 amide bonds. The van der Waals surface area contributed by atoms with Crippen molar-refractivity contribution in [2.24, 2.45) is 28.2 Å². The molecule has 24 heteroatoms. The van der Waals surface area contributed by atoms with Gasteiger partial charge in [-0.3, -0.25) is 0 Å². The Kier molecular flexibility index (Phi) is 22.7. The van der Waals surface area contributed by atoms with E-state index in [4.69, 9.17) is 9.97 Å². The Hall–Kier alpha value is -11.8. The first kappa shape index (κ1) is 78.7. The number of benzene rings is 6. The summed E-state index contributed by atoms with van der Waals surface area (Å²) < 4.78 is 133. The Bertz CT molecular complexity index is 6110. The van der Waals surface area contributed by atoms with E-state index in [1.807, 2.05) is 48.8 Å². The fourth-order valence-electron chi connectivity index (χ4n) is 13.1. The van der Waals surface area contributed by atoms with Gasteiger partial charge in [-0.25, -0.2) is 61.9 Å². The van der Waals surface area contributed by atoms with E-state index in [0.29, 0.717) is 0 Å². The van der Waals surface area contributed by atoms with E-state index in [-0.39, 0.29) is 25.0 Å². The van der Waals surface area contributed by atoms with Crippen LogP contribution >= 0.6 is 0 Å². The van der Waals surface area contributed by atoms with E-state index in [1.54, 1.807) is 48.5 Å². The van der Waals surface area contributed by atoms with Gasteiger partial charge >= 0.3 is 0 Å². The van der Waals surface area contributed by atoms with Gasteiger partial charge in [0.15, 0.2) is 49.6 Å². The van der Waals surface area contributed by atoms with E-state index in [2.05, 4.69) is 232 Å². The highest BCUT2D eigenvalue weighted by molar-refractivity contribution is 7.86. The number of aromatic amines is 2. The molecule has 0 radical (unpaired) electrons. The number of aromatic nitrogens is 8. The van der Waals surface area contributed by atoms with Crippen LogP contribution in [0.15, 0.2) is 275 Å². The molecule has 1 aliphatic carbocycles. The number of hydrogen-bond acceptors (Lipinski definition) is 14. The number of fused-ring (bicyclic) bond motifs is 11. The number of nitrogens with zero attached hydrogens (tertiary/aromatic N) is 6. The van der Waals surface area contributed by atoms with E-state index >= 15 is 0 Å². The number of hydrogen-bond donors (Lipinski definition) is 2. The molecule has 8 bridgehead atoms. The van der Waals surface area contributed by atoms with Gasteiger partial charge in [-0.1, -0.05) is 121 Å². The zero-order valence-electron chi connectivity index (χ0n) is 62.3. The maximum Gasteiger partial charge on any atom is 0.176 e. The van der Waals surface area contributed by atoms with Crippen molar-refractivity contribution < 1.29 is 70.2 Å². The highest BCUT2D eigenvalue weighted by Gasteiger charge is 2.35. The average Bonchev–Trinajstić information content (AvgIpc) is 1.58. The molecule has 6 aromatic carbocycles. The highest BCUT2D eigenvalue weighted by Crippen LogP contribution is 2.50. The van der Waals surface area contributed by atoms with Crippen molar-refractivity contribution in [1.29, 1.82) is 0 Å². The van der Waals surface area contributed by atoms with Crippen LogP contribution in [0.5, 0.6) is 0 Å². The van der Waals surface area contributed by atoms with Gasteiger partial charge in [-0.2, -0.15) is 0 Å². The van der Waals surface area contributed by atoms with Gasteiger partial charge in [-0.15, -0.1) is 0 Å². The van der Waals surface area contributed by atoms with Crippen molar-refractivity contribution in [1.82, 2.24) is 19.9 Å². The second-order valence-electron chi connectivity index (χ2n) is 27.7. The molecule has 0 saturated carbocycles. The largest absolute Gasteiger partial charge is 0.744 e. The first-order valence-corrected chi connectivity index (χ1v) is 40.6. The summed E-state index contributed by atoms with van der Waals surface area (Å²) in [6, 6.07) is 63.0. The fraction of sp³-hybridized carbons (Fsp3) is 0.126. The number of aryl methyl sites for hydroxylation is 8. The normalized spacial score (nSPS) is 12.5. The van der Waals surface area contributed by atoms with Crippen LogP contribution in [-0.4, -0.2) is 71.8 Å². The van der Waals surface area contributed by atoms with Crippen LogP contribution in [-0.2, 0) is 74.1 Å². The van der Waals surface area contributed by atoms with Gasteiger partial charge < -0.3 is 28.2 Å². The smallest absolute Gasteiger partial charge is 0.176 e. The van der Waals surface area contributed by atoms with Crippen LogP contribution in [0.2, 0.25) is 0 Å². The molecule has 9 heterocycles. The highest BCUT2D eigenvalue weighted by atomic mass is 32.2. The third kappa shape index (κ3) is 18.4. The maximum atomic E-state index is 10.4. The number of nitrogens with one attached hydrogen (secondary N) is 2. The average molecular weight is 1560 g/mol. The van der Waals surface area contributed by atoms with Gasteiger partial charge in [0.25, 0.3) is 0 Å². The topological polar surface area (TPSA) is 302 Å². The Morgan fingerprint density at radius 3 is 0.910 bits per heavy atom. The van der Waals surface area contributed by atoms with Crippen molar-refractivity contribution in [3.05, 3.63) is 312 Å². The molecule has 0 saturated heterocycles. The second-order valence-corrected chi connectivity index (χ2v) is 33.3. The SMILES string of the molecule is C[n+]1ccc(-c2c3nc(c(-c4cc[n+](C)cc4)c4ccc([nH]4)c(-c4cc(-c5ccc6c(c5)C(C)(C)c5ccccc5-6)c[n+](C)c4)c4nc(c(-c5cc[n+](C)cc5)c5ccc2[nH]5)C=C4)C=C3)cc1.Cc1ccc(S(=O)(=O)[O-])cc1.Cc1ccc(S(=O)(=O)[O-])cc1.Cc1ccc(S(=O)(=O)[O-])cc1.Cc1ccc(S(=O)(=O)[O-])cc1. The van der Waals surface area contributed by atoms with E-state index in [9.17, 15) is 51.9 Å². The molecule has 20 nitrogen and oxygen atoms in total. The van der Waals surface area contributed by atoms with Crippen LogP contribution in [0, 0.1) is 27.7 Å². The van der Waals surface area contributed by atoms with Crippen LogP contribution in [0.25, 0.3) is 113 Å². The van der Waals surface area contributed by atoms with E-state index in [0.717, 1.165) is 117 Å². The molecular formula is C87H78N8O12S4. The van der Waals surface area contributed by atoms with Crippen LogP contribution in [0.3, 0.4) is 0 Å². The summed E-state index contributed by atoms with van der Waals surface area (Å²) >= 11 is 0. The van der Waals surface area contributed by atoms with E-state index in [1.165, 1.54) is 76.3 Å². The summed E-state index contributed by atoms with van der Waals surface area (Å²) in [6.07, 6.45) is 25.6. The molecule has 111 heavy (non-hydrogen) atoms. The summed E-state index contributed by atoms with van der Waals surface area (Å²) in [6.45, 7) is 12.0. The zero-order chi connectivity index (χ0) is 79.5. The summed E-state index contributed by atoms with van der Waals surface area (Å²) in [5.74, 6) is 0. The predicted octanol–water partition coefficient (Wildman–Crippen LogP) is 14.2. The summed E-state index contributed by atoms with van der Waals surface area (Å²) in [4.78, 5) is 18.2.